The summed E-state index contributed by atoms with van der Waals surface area (Å²) < 4.78 is 10.9. The van der Waals surface area contributed by atoms with Crippen molar-refractivity contribution in [3.05, 3.63) is 71.0 Å². The lowest BCUT2D eigenvalue weighted by molar-refractivity contribution is -0.120. The van der Waals surface area contributed by atoms with Crippen molar-refractivity contribution in [2.75, 3.05) is 12.5 Å². The summed E-state index contributed by atoms with van der Waals surface area (Å²) in [4.78, 5) is 18.0. The predicted molar refractivity (Wildman–Crippen MR) is 116 cm³/mol. The maximum Gasteiger partial charge on any atom is 0.231 e. The summed E-state index contributed by atoms with van der Waals surface area (Å²) in [7, 11) is 0. The quantitative estimate of drug-likeness (QED) is 0.638. The number of fused-ring (bicyclic) bond motifs is 1. The van der Waals surface area contributed by atoms with Crippen molar-refractivity contribution < 1.29 is 14.3 Å². The summed E-state index contributed by atoms with van der Waals surface area (Å²) in [5.74, 6) is 1.69. The minimum atomic E-state index is -0.418. The summed E-state index contributed by atoms with van der Waals surface area (Å²) in [6, 6.07) is 13.6. The molecule has 2 aliphatic rings. The number of pyridine rings is 1. The molecular formula is C25H24N2O3. The summed E-state index contributed by atoms with van der Waals surface area (Å²) in [6.07, 6.45) is 3.94. The molecule has 0 unspecified atom stereocenters. The molecule has 30 heavy (non-hydrogen) atoms. The van der Waals surface area contributed by atoms with Crippen LogP contribution in [0.25, 0.3) is 11.1 Å². The highest BCUT2D eigenvalue weighted by atomic mass is 16.7. The Labute approximate surface area is 175 Å². The predicted octanol–water partition coefficient (Wildman–Crippen LogP) is 4.52. The van der Waals surface area contributed by atoms with Crippen LogP contribution in [0.2, 0.25) is 0 Å². The maximum absolute atomic E-state index is 13.3. The second-order valence-corrected chi connectivity index (χ2v) is 8.24. The lowest BCUT2D eigenvalue weighted by atomic mass is 9.87. The van der Waals surface area contributed by atoms with E-state index in [-0.39, 0.29) is 12.6 Å². The topological polar surface area (TPSA) is 74.4 Å². The van der Waals surface area contributed by atoms with Crippen molar-refractivity contribution in [1.82, 2.24) is 4.98 Å². The van der Waals surface area contributed by atoms with Gasteiger partial charge in [-0.3, -0.25) is 9.78 Å². The Morgan fingerprint density at radius 1 is 1.03 bits per heavy atom. The normalized spacial score (nSPS) is 15.8. The first-order valence-electron chi connectivity index (χ1n) is 10.2. The van der Waals surface area contributed by atoms with E-state index in [2.05, 4.69) is 11.9 Å². The molecule has 3 aromatic rings. The van der Waals surface area contributed by atoms with E-state index in [9.17, 15) is 4.79 Å². The molecule has 2 heterocycles. The first-order chi connectivity index (χ1) is 14.5. The molecular weight excluding hydrogens is 376 g/mol. The number of carbonyl (C=O) groups excluding carboxylic acids is 1. The van der Waals surface area contributed by atoms with Crippen molar-refractivity contribution in [2.24, 2.45) is 0 Å². The number of hydrogen-bond donors (Lipinski definition) is 1. The third-order valence-electron chi connectivity index (χ3n) is 6.51. The van der Waals surface area contributed by atoms with Crippen LogP contribution in [0.1, 0.15) is 35.2 Å². The van der Waals surface area contributed by atoms with Crippen LogP contribution in [-0.4, -0.2) is 17.6 Å². The third-order valence-corrected chi connectivity index (χ3v) is 6.51. The molecule has 1 aliphatic heterocycles. The zero-order chi connectivity index (χ0) is 20.9. The van der Waals surface area contributed by atoms with E-state index in [1.807, 2.05) is 55.6 Å². The van der Waals surface area contributed by atoms with Crippen LogP contribution >= 0.6 is 0 Å². The fraction of sp³-hybridized carbons (Fsp3) is 0.280. The minimum Gasteiger partial charge on any atom is -0.454 e. The number of nitrogens with two attached hydrogens (primary N) is 1. The van der Waals surface area contributed by atoms with Crippen LogP contribution in [-0.2, 0) is 16.6 Å². The van der Waals surface area contributed by atoms with Gasteiger partial charge >= 0.3 is 0 Å². The van der Waals surface area contributed by atoms with Gasteiger partial charge in [-0.2, -0.15) is 0 Å². The highest BCUT2D eigenvalue weighted by Crippen LogP contribution is 2.51. The van der Waals surface area contributed by atoms with E-state index in [0.717, 1.165) is 63.5 Å². The number of benzene rings is 2. The smallest absolute Gasteiger partial charge is 0.231 e. The van der Waals surface area contributed by atoms with Crippen molar-refractivity contribution in [3.8, 4) is 22.6 Å². The first-order valence-corrected chi connectivity index (χ1v) is 10.2. The molecule has 1 saturated carbocycles. The van der Waals surface area contributed by atoms with Gasteiger partial charge in [0.25, 0.3) is 0 Å². The lowest BCUT2D eigenvalue weighted by Gasteiger charge is -2.17. The van der Waals surface area contributed by atoms with Crippen LogP contribution in [0.3, 0.4) is 0 Å². The molecule has 0 amide bonds. The van der Waals surface area contributed by atoms with E-state index < -0.39 is 5.41 Å². The maximum atomic E-state index is 13.3. The van der Waals surface area contributed by atoms with Crippen molar-refractivity contribution in [1.29, 1.82) is 0 Å². The van der Waals surface area contributed by atoms with Crippen molar-refractivity contribution >= 4 is 11.5 Å². The van der Waals surface area contributed by atoms with E-state index in [0.29, 0.717) is 6.42 Å². The number of Topliss-reactive ketones (excluding diaryl/α,β-unsaturated/α-hetero) is 1. The molecule has 0 atom stereocenters. The average molecular weight is 400 g/mol. The highest BCUT2D eigenvalue weighted by molar-refractivity contribution is 5.94. The summed E-state index contributed by atoms with van der Waals surface area (Å²) in [6.45, 7) is 4.37. The molecule has 1 aliphatic carbocycles. The largest absolute Gasteiger partial charge is 0.454 e. The van der Waals surface area contributed by atoms with Crippen LogP contribution in [0.4, 0.5) is 5.69 Å². The Balaban J connectivity index is 1.41. The number of ether oxygens (including phenoxy) is 2. The molecule has 2 aromatic carbocycles. The number of carbonyl (C=O) groups is 1. The van der Waals surface area contributed by atoms with Gasteiger partial charge in [-0.15, -0.1) is 0 Å². The summed E-state index contributed by atoms with van der Waals surface area (Å²) >= 11 is 0. The second kappa shape index (κ2) is 6.87. The van der Waals surface area contributed by atoms with Gasteiger partial charge in [0.2, 0.25) is 6.79 Å². The Morgan fingerprint density at radius 2 is 1.77 bits per heavy atom. The molecule has 5 nitrogen and oxygen atoms in total. The van der Waals surface area contributed by atoms with E-state index in [4.69, 9.17) is 15.2 Å². The number of nitrogens with zero attached hydrogens (tertiary/aromatic N) is 1. The number of anilines is 1. The number of aromatic nitrogens is 1. The molecule has 2 N–H and O–H groups in total. The Bertz CT molecular complexity index is 1150. The lowest BCUT2D eigenvalue weighted by Crippen LogP contribution is -2.23. The van der Waals surface area contributed by atoms with Gasteiger partial charge in [0.05, 0.1) is 11.1 Å². The summed E-state index contributed by atoms with van der Waals surface area (Å²) in [5.41, 5.74) is 12.4. The van der Waals surface area contributed by atoms with Crippen LogP contribution in [0, 0.1) is 13.8 Å². The molecule has 0 bridgehead atoms. The zero-order valence-corrected chi connectivity index (χ0v) is 17.2. The molecule has 0 saturated heterocycles. The Hall–Kier alpha value is -3.34. The molecule has 5 rings (SSSR count). The van der Waals surface area contributed by atoms with Gasteiger partial charge in [0.15, 0.2) is 11.5 Å². The third kappa shape index (κ3) is 3.02. The van der Waals surface area contributed by atoms with E-state index in [1.165, 1.54) is 0 Å². The van der Waals surface area contributed by atoms with Gasteiger partial charge in [-0.25, -0.2) is 0 Å². The van der Waals surface area contributed by atoms with Gasteiger partial charge in [-0.05, 0) is 73.2 Å². The zero-order valence-electron chi connectivity index (χ0n) is 17.2. The fourth-order valence-corrected chi connectivity index (χ4v) is 4.26. The molecule has 0 radical (unpaired) electrons. The van der Waals surface area contributed by atoms with Crippen molar-refractivity contribution in [3.63, 3.8) is 0 Å². The first kappa shape index (κ1) is 18.7. The molecule has 5 heteroatoms. The number of ketones is 1. The standard InChI is InChI=1S/C25H24N2O3/c1-15-16(2)21(27-13-20(15)17-3-6-19(26)7-4-17)12-24(28)25(9-10-25)18-5-8-22-23(11-18)30-14-29-22/h3-8,11,13H,9-10,12,14,26H2,1-2H3. The van der Waals surface area contributed by atoms with E-state index in [1.54, 1.807) is 0 Å². The number of rotatable bonds is 5. The average Bonchev–Trinajstić information content (AvgIpc) is 3.43. The monoisotopic (exact) mass is 400 g/mol. The van der Waals surface area contributed by atoms with Gasteiger partial charge in [0.1, 0.15) is 5.78 Å². The van der Waals surface area contributed by atoms with Crippen LogP contribution in [0.5, 0.6) is 11.5 Å². The van der Waals surface area contributed by atoms with Gasteiger partial charge in [0, 0.05) is 23.9 Å². The fourth-order valence-electron chi connectivity index (χ4n) is 4.26. The number of nitrogen functional groups attached to an aromatic ring is 1. The molecule has 1 fully saturated rings. The second-order valence-electron chi connectivity index (χ2n) is 8.24. The highest BCUT2D eigenvalue weighted by Gasteiger charge is 2.51. The minimum absolute atomic E-state index is 0.219. The summed E-state index contributed by atoms with van der Waals surface area (Å²) in [5, 5.41) is 0. The number of hydrogen-bond acceptors (Lipinski definition) is 5. The van der Waals surface area contributed by atoms with Crippen LogP contribution in [0.15, 0.2) is 48.7 Å². The molecule has 152 valence electrons. The van der Waals surface area contributed by atoms with Gasteiger partial charge in [-0.1, -0.05) is 18.2 Å². The Kier molecular flexibility index (Phi) is 4.28. The molecule has 0 spiro atoms. The van der Waals surface area contributed by atoms with Gasteiger partial charge < -0.3 is 15.2 Å². The SMILES string of the molecule is Cc1c(-c2ccc(N)cc2)cnc(CC(=O)C2(c3ccc4c(c3)OCO4)CC2)c1C. The van der Waals surface area contributed by atoms with Crippen LogP contribution < -0.4 is 15.2 Å². The molecule has 1 aromatic heterocycles. The van der Waals surface area contributed by atoms with E-state index >= 15 is 0 Å². The van der Waals surface area contributed by atoms with Crippen molar-refractivity contribution in [2.45, 2.75) is 38.5 Å². The Morgan fingerprint density at radius 3 is 2.50 bits per heavy atom.